The van der Waals surface area contributed by atoms with Crippen molar-refractivity contribution in [1.82, 2.24) is 10.3 Å². The fraction of sp³-hybridized carbons (Fsp3) is 0.400. The average Bonchev–Trinajstić information content (AvgIpc) is 2.92. The molecule has 1 aliphatic rings. The zero-order chi connectivity index (χ0) is 13.8. The van der Waals surface area contributed by atoms with E-state index in [1.54, 1.807) is 11.3 Å². The lowest BCUT2D eigenvalue weighted by atomic mass is 10.1. The number of halogens is 1. The van der Waals surface area contributed by atoms with Gasteiger partial charge < -0.3 is 10.2 Å². The zero-order valence-corrected chi connectivity index (χ0v) is 12.8. The lowest BCUT2D eigenvalue weighted by Crippen LogP contribution is -2.42. The van der Waals surface area contributed by atoms with Gasteiger partial charge in [0.15, 0.2) is 0 Å². The summed E-state index contributed by atoms with van der Waals surface area (Å²) in [5.41, 5.74) is 0. The molecule has 1 fully saturated rings. The van der Waals surface area contributed by atoms with Crippen LogP contribution in [0, 0.1) is 0 Å². The molecule has 2 aromatic rings. The second kappa shape index (κ2) is 6.57. The zero-order valence-electron chi connectivity index (χ0n) is 11.3. The molecule has 0 atom stereocenters. The number of anilines is 1. The fourth-order valence-electron chi connectivity index (χ4n) is 2.54. The van der Waals surface area contributed by atoms with E-state index in [1.165, 1.54) is 4.88 Å². The Labute approximate surface area is 128 Å². The molecule has 1 N–H and O–H groups in total. The number of pyridine rings is 1. The van der Waals surface area contributed by atoms with Gasteiger partial charge in [0.2, 0.25) is 0 Å². The van der Waals surface area contributed by atoms with Gasteiger partial charge in [-0.3, -0.25) is 0 Å². The van der Waals surface area contributed by atoms with E-state index in [2.05, 4.69) is 21.3 Å². The number of nitrogens with one attached hydrogen (secondary N) is 1. The van der Waals surface area contributed by atoms with Crippen LogP contribution in [0.2, 0.25) is 5.02 Å². The van der Waals surface area contributed by atoms with Crippen LogP contribution in [-0.2, 0) is 6.54 Å². The predicted octanol–water partition coefficient (Wildman–Crippen LogP) is 3.56. The van der Waals surface area contributed by atoms with Crippen molar-refractivity contribution in [3.05, 3.63) is 45.7 Å². The molecule has 0 radical (unpaired) electrons. The van der Waals surface area contributed by atoms with Crippen LogP contribution in [0.15, 0.2) is 35.8 Å². The van der Waals surface area contributed by atoms with Crippen LogP contribution in [0.3, 0.4) is 0 Å². The number of aromatic nitrogens is 1. The van der Waals surface area contributed by atoms with E-state index >= 15 is 0 Å². The second-order valence-corrected chi connectivity index (χ2v) is 6.49. The number of nitrogens with zero attached hydrogens (tertiary/aromatic N) is 2. The summed E-state index contributed by atoms with van der Waals surface area (Å²) in [6.45, 7) is 3.06. The molecule has 0 spiro atoms. The van der Waals surface area contributed by atoms with Gasteiger partial charge in [-0.05, 0) is 31.0 Å². The summed E-state index contributed by atoms with van der Waals surface area (Å²) < 4.78 is 0. The highest BCUT2D eigenvalue weighted by molar-refractivity contribution is 7.10. The Morgan fingerprint density at radius 1 is 1.35 bits per heavy atom. The highest BCUT2D eigenvalue weighted by Gasteiger charge is 2.19. The van der Waals surface area contributed by atoms with Crippen LogP contribution in [-0.4, -0.2) is 24.1 Å². The molecule has 5 heteroatoms. The van der Waals surface area contributed by atoms with Crippen LogP contribution in [0.25, 0.3) is 0 Å². The van der Waals surface area contributed by atoms with Crippen molar-refractivity contribution >= 4 is 28.8 Å². The summed E-state index contributed by atoms with van der Waals surface area (Å²) in [7, 11) is 0. The van der Waals surface area contributed by atoms with E-state index in [-0.39, 0.29) is 0 Å². The van der Waals surface area contributed by atoms with E-state index in [1.807, 2.05) is 29.8 Å². The Morgan fingerprint density at radius 2 is 2.20 bits per heavy atom. The van der Waals surface area contributed by atoms with Gasteiger partial charge in [0, 0.05) is 42.1 Å². The fourth-order valence-corrected chi connectivity index (χ4v) is 3.57. The molecule has 2 aromatic heterocycles. The molecule has 0 amide bonds. The van der Waals surface area contributed by atoms with Gasteiger partial charge in [-0.1, -0.05) is 17.7 Å². The third-order valence-corrected chi connectivity index (χ3v) is 4.94. The molecule has 20 heavy (non-hydrogen) atoms. The van der Waals surface area contributed by atoms with Crippen molar-refractivity contribution < 1.29 is 0 Å². The average molecular weight is 308 g/mol. The summed E-state index contributed by atoms with van der Waals surface area (Å²) in [5.74, 6) is 1.09. The topological polar surface area (TPSA) is 28.2 Å². The molecular weight excluding hydrogens is 290 g/mol. The minimum atomic E-state index is 0.593. The largest absolute Gasteiger partial charge is 0.357 e. The van der Waals surface area contributed by atoms with Gasteiger partial charge >= 0.3 is 0 Å². The highest BCUT2D eigenvalue weighted by Crippen LogP contribution is 2.20. The smallest absolute Gasteiger partial charge is 0.128 e. The van der Waals surface area contributed by atoms with Crippen LogP contribution < -0.4 is 10.2 Å². The van der Waals surface area contributed by atoms with E-state index in [0.717, 1.165) is 43.3 Å². The van der Waals surface area contributed by atoms with Gasteiger partial charge in [0.05, 0.1) is 5.02 Å². The molecule has 3 heterocycles. The first-order valence-corrected chi connectivity index (χ1v) is 8.19. The second-order valence-electron chi connectivity index (χ2n) is 5.06. The maximum absolute atomic E-state index is 5.94. The van der Waals surface area contributed by atoms with Crippen LogP contribution in [0.1, 0.15) is 17.7 Å². The first kappa shape index (κ1) is 13.9. The Kier molecular flexibility index (Phi) is 4.55. The van der Waals surface area contributed by atoms with Crippen LogP contribution in [0.5, 0.6) is 0 Å². The molecule has 0 aliphatic carbocycles. The molecule has 3 rings (SSSR count). The minimum Gasteiger partial charge on any atom is -0.357 e. The van der Waals surface area contributed by atoms with Crippen LogP contribution in [0.4, 0.5) is 5.82 Å². The van der Waals surface area contributed by atoms with Gasteiger partial charge in [0.25, 0.3) is 0 Å². The van der Waals surface area contributed by atoms with E-state index in [9.17, 15) is 0 Å². The summed E-state index contributed by atoms with van der Waals surface area (Å²) in [4.78, 5) is 8.09. The van der Waals surface area contributed by atoms with Crippen molar-refractivity contribution in [1.29, 1.82) is 0 Å². The summed E-state index contributed by atoms with van der Waals surface area (Å²) >= 11 is 7.66. The third-order valence-electron chi connectivity index (χ3n) is 3.65. The number of hydrogen-bond acceptors (Lipinski definition) is 4. The predicted molar refractivity (Wildman–Crippen MR) is 85.6 cm³/mol. The highest BCUT2D eigenvalue weighted by atomic mass is 35.5. The number of piperidine rings is 1. The lowest BCUT2D eigenvalue weighted by Gasteiger charge is -2.33. The summed E-state index contributed by atoms with van der Waals surface area (Å²) in [5, 5.41) is 6.46. The molecule has 0 saturated carbocycles. The van der Waals surface area contributed by atoms with Gasteiger partial charge in [-0.15, -0.1) is 11.3 Å². The van der Waals surface area contributed by atoms with E-state index in [0.29, 0.717) is 6.04 Å². The van der Waals surface area contributed by atoms with Crippen molar-refractivity contribution in [2.45, 2.75) is 25.4 Å². The Morgan fingerprint density at radius 3 is 2.85 bits per heavy atom. The standard InChI is InChI=1S/C15H18ClN3S/c16-12-9-14(20-11-12)10-18-13-4-7-19(8-5-13)15-3-1-2-6-17-15/h1-3,6,9,11,13,18H,4-5,7-8,10H2. The maximum atomic E-state index is 5.94. The molecule has 0 unspecified atom stereocenters. The number of hydrogen-bond donors (Lipinski definition) is 1. The van der Waals surface area contributed by atoms with Crippen molar-refractivity contribution in [3.8, 4) is 0 Å². The minimum absolute atomic E-state index is 0.593. The van der Waals surface area contributed by atoms with Crippen molar-refractivity contribution in [3.63, 3.8) is 0 Å². The Hall–Kier alpha value is -1.10. The van der Waals surface area contributed by atoms with Gasteiger partial charge in [-0.25, -0.2) is 4.98 Å². The SMILES string of the molecule is Clc1csc(CNC2CCN(c3ccccn3)CC2)c1. The van der Waals surface area contributed by atoms with Crippen LogP contribution >= 0.6 is 22.9 Å². The van der Waals surface area contributed by atoms with Crippen molar-refractivity contribution in [2.75, 3.05) is 18.0 Å². The molecule has 3 nitrogen and oxygen atoms in total. The monoisotopic (exact) mass is 307 g/mol. The molecular formula is C15H18ClN3S. The Bertz CT molecular complexity index is 535. The van der Waals surface area contributed by atoms with E-state index < -0.39 is 0 Å². The number of thiophene rings is 1. The first-order chi connectivity index (χ1) is 9.81. The molecule has 1 saturated heterocycles. The van der Waals surface area contributed by atoms with E-state index in [4.69, 9.17) is 11.6 Å². The normalized spacial score (nSPS) is 16.6. The lowest BCUT2D eigenvalue weighted by molar-refractivity contribution is 0.414. The first-order valence-electron chi connectivity index (χ1n) is 6.93. The summed E-state index contributed by atoms with van der Waals surface area (Å²) in [6.07, 6.45) is 4.19. The molecule has 1 aliphatic heterocycles. The third kappa shape index (κ3) is 3.51. The van der Waals surface area contributed by atoms with Crippen molar-refractivity contribution in [2.24, 2.45) is 0 Å². The Balaban J connectivity index is 1.47. The summed E-state index contributed by atoms with van der Waals surface area (Å²) in [6, 6.07) is 8.73. The van der Waals surface area contributed by atoms with Gasteiger partial charge in [-0.2, -0.15) is 0 Å². The molecule has 106 valence electrons. The maximum Gasteiger partial charge on any atom is 0.128 e. The van der Waals surface area contributed by atoms with Gasteiger partial charge in [0.1, 0.15) is 5.82 Å². The number of rotatable bonds is 4. The quantitative estimate of drug-likeness (QED) is 0.936. The molecule has 0 aromatic carbocycles. The molecule has 0 bridgehead atoms.